The van der Waals surface area contributed by atoms with Gasteiger partial charge in [0, 0.05) is 42.9 Å². The van der Waals surface area contributed by atoms with E-state index in [1.165, 1.54) is 25.6 Å². The Kier molecular flexibility index (Phi) is 8.32. The van der Waals surface area contributed by atoms with Gasteiger partial charge in [0.1, 0.15) is 11.3 Å². The first kappa shape index (κ1) is 26.2. The number of aromatic nitrogens is 2. The van der Waals surface area contributed by atoms with Crippen molar-refractivity contribution in [3.05, 3.63) is 33.2 Å². The Hall–Kier alpha value is -2.89. The van der Waals surface area contributed by atoms with Gasteiger partial charge in [0.25, 0.3) is 0 Å². The van der Waals surface area contributed by atoms with Crippen molar-refractivity contribution in [1.29, 1.82) is 0 Å². The standard InChI is InChI=1S/C24H30ClFN6O3S/c1-4-7-28-15(17-5-6-18(25)36-17)13-19(33)31-8-10-32(11-9-31)24-29-21-14(23(27)30-24)12-16(34-2)22(35-3)20(21)26/h5-6,12,15,28H,4,7-11,13H2,1-3H3,(H2,27,29,30)/t15-/m1/s1. The van der Waals surface area contributed by atoms with E-state index < -0.39 is 5.82 Å². The van der Waals surface area contributed by atoms with E-state index in [2.05, 4.69) is 22.2 Å². The number of rotatable bonds is 9. The Bertz CT molecular complexity index is 1230. The molecule has 0 unspecified atom stereocenters. The van der Waals surface area contributed by atoms with E-state index >= 15 is 4.39 Å². The van der Waals surface area contributed by atoms with Gasteiger partial charge in [0.05, 0.1) is 24.6 Å². The van der Waals surface area contributed by atoms with Crippen molar-refractivity contribution in [2.24, 2.45) is 0 Å². The maximum absolute atomic E-state index is 15.1. The number of benzene rings is 1. The second-order valence-corrected chi connectivity index (χ2v) is 10.2. The molecule has 0 aliphatic carbocycles. The van der Waals surface area contributed by atoms with Gasteiger partial charge in [-0.15, -0.1) is 11.3 Å². The summed E-state index contributed by atoms with van der Waals surface area (Å²) in [6, 6.07) is 5.31. The monoisotopic (exact) mass is 536 g/mol. The molecule has 1 amide bonds. The van der Waals surface area contributed by atoms with E-state index in [4.69, 9.17) is 26.8 Å². The minimum absolute atomic E-state index is 0.0391. The van der Waals surface area contributed by atoms with Crippen LogP contribution in [-0.2, 0) is 4.79 Å². The lowest BCUT2D eigenvalue weighted by Gasteiger charge is -2.35. The van der Waals surface area contributed by atoms with E-state index in [0.717, 1.165) is 17.8 Å². The number of amides is 1. The third kappa shape index (κ3) is 5.42. The lowest BCUT2D eigenvalue weighted by molar-refractivity contribution is -0.132. The first-order valence-corrected chi connectivity index (χ1v) is 12.9. The molecule has 3 aromatic rings. The number of nitrogens with two attached hydrogens (primary N) is 1. The summed E-state index contributed by atoms with van der Waals surface area (Å²) in [4.78, 5) is 26.7. The molecular formula is C24H30ClFN6O3S. The molecule has 1 aromatic carbocycles. The third-order valence-corrected chi connectivity index (χ3v) is 7.51. The Labute approximate surface area is 218 Å². The fraction of sp³-hybridized carbons (Fsp3) is 0.458. The van der Waals surface area contributed by atoms with Crippen molar-refractivity contribution in [3.8, 4) is 11.5 Å². The normalized spacial score (nSPS) is 14.8. The highest BCUT2D eigenvalue weighted by molar-refractivity contribution is 7.16. The van der Waals surface area contributed by atoms with Crippen LogP contribution in [-0.4, -0.2) is 67.7 Å². The van der Waals surface area contributed by atoms with Gasteiger partial charge in [-0.2, -0.15) is 4.98 Å². The highest BCUT2D eigenvalue weighted by Crippen LogP contribution is 2.37. The van der Waals surface area contributed by atoms with Crippen LogP contribution in [0.2, 0.25) is 4.34 Å². The number of fused-ring (bicyclic) bond motifs is 1. The number of nitrogens with one attached hydrogen (secondary N) is 1. The van der Waals surface area contributed by atoms with Crippen LogP contribution in [0.25, 0.3) is 10.9 Å². The van der Waals surface area contributed by atoms with E-state index in [1.54, 1.807) is 6.07 Å². The van der Waals surface area contributed by atoms with Crippen LogP contribution in [0.5, 0.6) is 11.5 Å². The lowest BCUT2D eigenvalue weighted by atomic mass is 10.1. The molecule has 194 valence electrons. The molecule has 36 heavy (non-hydrogen) atoms. The highest BCUT2D eigenvalue weighted by Gasteiger charge is 2.27. The Morgan fingerprint density at radius 2 is 2.00 bits per heavy atom. The van der Waals surface area contributed by atoms with Gasteiger partial charge >= 0.3 is 0 Å². The number of nitrogen functional groups attached to an aromatic ring is 1. The van der Waals surface area contributed by atoms with Crippen molar-refractivity contribution in [1.82, 2.24) is 20.2 Å². The SMILES string of the molecule is CCCN[C@H](CC(=O)N1CCN(c2nc(N)c3cc(OC)c(OC)c(F)c3n2)CC1)c1ccc(Cl)s1. The second-order valence-electron chi connectivity index (χ2n) is 8.45. The molecule has 1 atom stereocenters. The number of ether oxygens (including phenoxy) is 2. The average Bonchev–Trinajstić information content (AvgIpc) is 3.32. The van der Waals surface area contributed by atoms with Crippen molar-refractivity contribution in [3.63, 3.8) is 0 Å². The summed E-state index contributed by atoms with van der Waals surface area (Å²) in [5.74, 6) is 0.0450. The molecule has 0 bridgehead atoms. The molecule has 9 nitrogen and oxygen atoms in total. The lowest BCUT2D eigenvalue weighted by Crippen LogP contribution is -2.49. The van der Waals surface area contributed by atoms with E-state index in [-0.39, 0.29) is 34.8 Å². The number of anilines is 2. The zero-order valence-corrected chi connectivity index (χ0v) is 22.1. The highest BCUT2D eigenvalue weighted by atomic mass is 35.5. The van der Waals surface area contributed by atoms with E-state index in [9.17, 15) is 4.79 Å². The Morgan fingerprint density at radius 3 is 2.61 bits per heavy atom. The number of hydrogen-bond donors (Lipinski definition) is 2. The molecule has 1 aliphatic heterocycles. The summed E-state index contributed by atoms with van der Waals surface area (Å²) in [6.45, 7) is 4.91. The van der Waals surface area contributed by atoms with Crippen LogP contribution in [0.3, 0.4) is 0 Å². The van der Waals surface area contributed by atoms with Crippen LogP contribution >= 0.6 is 22.9 Å². The predicted molar refractivity (Wildman–Crippen MR) is 141 cm³/mol. The first-order chi connectivity index (χ1) is 17.4. The quantitative estimate of drug-likeness (QED) is 0.424. The summed E-state index contributed by atoms with van der Waals surface area (Å²) >= 11 is 7.61. The van der Waals surface area contributed by atoms with Crippen LogP contribution in [0.15, 0.2) is 18.2 Å². The predicted octanol–water partition coefficient (Wildman–Crippen LogP) is 3.86. The van der Waals surface area contributed by atoms with Crippen LogP contribution in [0.4, 0.5) is 16.2 Å². The fourth-order valence-corrected chi connectivity index (χ4v) is 5.38. The molecule has 1 aliphatic rings. The molecule has 3 N–H and O–H groups in total. The summed E-state index contributed by atoms with van der Waals surface area (Å²) in [7, 11) is 2.79. The van der Waals surface area contributed by atoms with Gasteiger partial charge in [-0.25, -0.2) is 9.37 Å². The van der Waals surface area contributed by atoms with Crippen LogP contribution in [0.1, 0.15) is 30.7 Å². The molecule has 4 rings (SSSR count). The van der Waals surface area contributed by atoms with Crippen molar-refractivity contribution >= 4 is 51.5 Å². The number of methoxy groups -OCH3 is 2. The van der Waals surface area contributed by atoms with Gasteiger partial charge in [0.15, 0.2) is 17.3 Å². The Morgan fingerprint density at radius 1 is 1.25 bits per heavy atom. The number of halogens is 2. The van der Waals surface area contributed by atoms with Gasteiger partial charge in [-0.3, -0.25) is 4.79 Å². The topological polar surface area (TPSA) is 106 Å². The largest absolute Gasteiger partial charge is 0.493 e. The number of carbonyl (C=O) groups is 1. The average molecular weight is 537 g/mol. The first-order valence-electron chi connectivity index (χ1n) is 11.7. The maximum Gasteiger partial charge on any atom is 0.228 e. The minimum Gasteiger partial charge on any atom is -0.493 e. The number of nitrogens with zero attached hydrogens (tertiary/aromatic N) is 4. The molecule has 2 aromatic heterocycles. The maximum atomic E-state index is 15.1. The molecule has 3 heterocycles. The van der Waals surface area contributed by atoms with Crippen molar-refractivity contribution < 1.29 is 18.7 Å². The molecule has 0 saturated carbocycles. The van der Waals surface area contributed by atoms with E-state index in [1.807, 2.05) is 21.9 Å². The molecule has 12 heteroatoms. The number of thiophene rings is 1. The number of hydrogen-bond acceptors (Lipinski definition) is 9. The van der Waals surface area contributed by atoms with Gasteiger partial charge in [-0.1, -0.05) is 18.5 Å². The minimum atomic E-state index is -0.657. The summed E-state index contributed by atoms with van der Waals surface area (Å²) in [5.41, 5.74) is 6.22. The van der Waals surface area contributed by atoms with Gasteiger partial charge < -0.3 is 30.3 Å². The fourth-order valence-electron chi connectivity index (χ4n) is 4.25. The molecule has 0 radical (unpaired) electrons. The molecule has 1 fully saturated rings. The van der Waals surface area contributed by atoms with Gasteiger partial charge in [-0.05, 0) is 31.2 Å². The van der Waals surface area contributed by atoms with Crippen LogP contribution in [0, 0.1) is 5.82 Å². The van der Waals surface area contributed by atoms with E-state index in [0.29, 0.717) is 48.3 Å². The molecule has 1 saturated heterocycles. The zero-order chi connectivity index (χ0) is 25.8. The van der Waals surface area contributed by atoms with Crippen molar-refractivity contribution in [2.75, 3.05) is 57.6 Å². The number of carbonyl (C=O) groups excluding carboxylic acids is 1. The smallest absolute Gasteiger partial charge is 0.228 e. The van der Waals surface area contributed by atoms with Crippen molar-refractivity contribution in [2.45, 2.75) is 25.8 Å². The zero-order valence-electron chi connectivity index (χ0n) is 20.5. The van der Waals surface area contributed by atoms with Gasteiger partial charge in [0.2, 0.25) is 11.9 Å². The molecule has 0 spiro atoms. The molecular weight excluding hydrogens is 507 g/mol. The summed E-state index contributed by atoms with van der Waals surface area (Å²) < 4.78 is 26.2. The third-order valence-electron chi connectivity index (χ3n) is 6.17. The summed E-state index contributed by atoms with van der Waals surface area (Å²) in [5, 5.41) is 3.80. The number of piperazine rings is 1. The Balaban J connectivity index is 1.46. The summed E-state index contributed by atoms with van der Waals surface area (Å²) in [6.07, 6.45) is 1.32. The second kappa shape index (κ2) is 11.4. The van der Waals surface area contributed by atoms with Crippen LogP contribution < -0.4 is 25.4 Å².